The Hall–Kier alpha value is -0.870. The van der Waals surface area contributed by atoms with Crippen molar-refractivity contribution in [2.75, 3.05) is 24.6 Å². The third-order valence-corrected chi connectivity index (χ3v) is 3.10. The van der Waals surface area contributed by atoms with Crippen molar-refractivity contribution in [2.45, 2.75) is 26.9 Å². The summed E-state index contributed by atoms with van der Waals surface area (Å²) >= 11 is 6.01. The van der Waals surface area contributed by atoms with Crippen LogP contribution in [0.5, 0.6) is 0 Å². The average molecular weight is 256 g/mol. The van der Waals surface area contributed by atoms with Crippen LogP contribution in [0.4, 0.5) is 5.82 Å². The van der Waals surface area contributed by atoms with Crippen molar-refractivity contribution in [3.63, 3.8) is 0 Å². The van der Waals surface area contributed by atoms with E-state index in [1.54, 1.807) is 0 Å². The minimum absolute atomic E-state index is 0.424. The van der Waals surface area contributed by atoms with Crippen molar-refractivity contribution in [3.8, 4) is 0 Å². The van der Waals surface area contributed by atoms with Gasteiger partial charge >= 0.3 is 0 Å². The molecule has 2 heterocycles. The molecule has 0 radical (unpaired) electrons. The summed E-state index contributed by atoms with van der Waals surface area (Å²) in [5.74, 6) is 2.30. The van der Waals surface area contributed by atoms with Crippen LogP contribution in [0.3, 0.4) is 0 Å². The van der Waals surface area contributed by atoms with Crippen LogP contribution < -0.4 is 4.90 Å². The number of halogens is 1. The summed E-state index contributed by atoms with van der Waals surface area (Å²) in [5, 5.41) is 0.490. The zero-order valence-electron chi connectivity index (χ0n) is 10.3. The van der Waals surface area contributed by atoms with Gasteiger partial charge in [0.15, 0.2) is 5.82 Å². The maximum atomic E-state index is 6.01. The molecule has 1 saturated heterocycles. The SMILES string of the molecule is CCOCc1nc(Cl)cc(N2CCC(C)C2)n1. The first kappa shape index (κ1) is 12.6. The zero-order valence-corrected chi connectivity index (χ0v) is 11.1. The molecular formula is C12H18ClN3O. The molecule has 1 fully saturated rings. The summed E-state index contributed by atoms with van der Waals surface area (Å²) in [7, 11) is 0. The number of ether oxygens (including phenoxy) is 1. The maximum Gasteiger partial charge on any atom is 0.158 e. The number of aromatic nitrogens is 2. The minimum atomic E-state index is 0.424. The number of rotatable bonds is 4. The van der Waals surface area contributed by atoms with E-state index in [0.717, 1.165) is 24.8 Å². The lowest BCUT2D eigenvalue weighted by atomic mass is 10.2. The van der Waals surface area contributed by atoms with Gasteiger partial charge in [0.25, 0.3) is 0 Å². The molecule has 0 bridgehead atoms. The van der Waals surface area contributed by atoms with Crippen molar-refractivity contribution >= 4 is 17.4 Å². The summed E-state index contributed by atoms with van der Waals surface area (Å²) in [4.78, 5) is 10.9. The van der Waals surface area contributed by atoms with Gasteiger partial charge in [0, 0.05) is 25.8 Å². The van der Waals surface area contributed by atoms with E-state index in [-0.39, 0.29) is 0 Å². The Labute approximate surface area is 107 Å². The van der Waals surface area contributed by atoms with Crippen LogP contribution in [0.25, 0.3) is 0 Å². The normalized spacial score (nSPS) is 19.9. The largest absolute Gasteiger partial charge is 0.374 e. The van der Waals surface area contributed by atoms with Gasteiger partial charge in [-0.2, -0.15) is 0 Å². The van der Waals surface area contributed by atoms with Gasteiger partial charge in [0.2, 0.25) is 0 Å². The Morgan fingerprint density at radius 1 is 1.53 bits per heavy atom. The third kappa shape index (κ3) is 3.30. The van der Waals surface area contributed by atoms with E-state index < -0.39 is 0 Å². The highest BCUT2D eigenvalue weighted by Gasteiger charge is 2.20. The van der Waals surface area contributed by atoms with Gasteiger partial charge in [0.05, 0.1) is 0 Å². The predicted octanol–water partition coefficient (Wildman–Crippen LogP) is 2.51. The van der Waals surface area contributed by atoms with Crippen molar-refractivity contribution in [1.29, 1.82) is 0 Å². The van der Waals surface area contributed by atoms with E-state index in [1.807, 2.05) is 13.0 Å². The molecule has 1 aromatic rings. The zero-order chi connectivity index (χ0) is 12.3. The molecule has 0 N–H and O–H groups in total. The molecule has 2 rings (SSSR count). The van der Waals surface area contributed by atoms with Crippen LogP contribution in [0.1, 0.15) is 26.1 Å². The predicted molar refractivity (Wildman–Crippen MR) is 68.4 cm³/mol. The highest BCUT2D eigenvalue weighted by Crippen LogP contribution is 2.23. The average Bonchev–Trinajstić information content (AvgIpc) is 2.72. The van der Waals surface area contributed by atoms with Gasteiger partial charge < -0.3 is 9.64 Å². The van der Waals surface area contributed by atoms with Gasteiger partial charge in [-0.25, -0.2) is 9.97 Å². The van der Waals surface area contributed by atoms with Crippen LogP contribution >= 0.6 is 11.6 Å². The highest BCUT2D eigenvalue weighted by molar-refractivity contribution is 6.29. The van der Waals surface area contributed by atoms with Crippen molar-refractivity contribution in [1.82, 2.24) is 9.97 Å². The standard InChI is InChI=1S/C12H18ClN3O/c1-3-17-8-11-14-10(13)6-12(15-11)16-5-4-9(2)7-16/h6,9H,3-5,7-8H2,1-2H3. The summed E-state index contributed by atoms with van der Waals surface area (Å²) in [6, 6.07) is 1.83. The first-order valence-electron chi connectivity index (χ1n) is 6.05. The summed E-state index contributed by atoms with van der Waals surface area (Å²) in [6.07, 6.45) is 1.21. The van der Waals surface area contributed by atoms with Gasteiger partial charge in [-0.15, -0.1) is 0 Å². The number of hydrogen-bond donors (Lipinski definition) is 0. The first-order valence-corrected chi connectivity index (χ1v) is 6.43. The quantitative estimate of drug-likeness (QED) is 0.775. The molecule has 5 heteroatoms. The van der Waals surface area contributed by atoms with E-state index >= 15 is 0 Å². The van der Waals surface area contributed by atoms with Crippen LogP contribution in [-0.4, -0.2) is 29.7 Å². The van der Waals surface area contributed by atoms with Crippen LogP contribution in [0.2, 0.25) is 5.15 Å². The lowest BCUT2D eigenvalue weighted by Crippen LogP contribution is -2.21. The Morgan fingerprint density at radius 2 is 2.35 bits per heavy atom. The molecule has 0 amide bonds. The second-order valence-corrected chi connectivity index (χ2v) is 4.83. The molecule has 1 aliphatic heterocycles. The smallest absolute Gasteiger partial charge is 0.158 e. The van der Waals surface area contributed by atoms with E-state index in [9.17, 15) is 0 Å². The van der Waals surface area contributed by atoms with Gasteiger partial charge in [-0.3, -0.25) is 0 Å². The molecule has 0 aliphatic carbocycles. The molecule has 1 aromatic heterocycles. The Bertz CT molecular complexity index is 386. The van der Waals surface area contributed by atoms with Crippen molar-refractivity contribution < 1.29 is 4.74 Å². The van der Waals surface area contributed by atoms with E-state index in [1.165, 1.54) is 6.42 Å². The second-order valence-electron chi connectivity index (χ2n) is 4.44. The molecule has 1 atom stereocenters. The first-order chi connectivity index (χ1) is 8.19. The third-order valence-electron chi connectivity index (χ3n) is 2.91. The summed E-state index contributed by atoms with van der Waals surface area (Å²) in [5.41, 5.74) is 0. The minimum Gasteiger partial charge on any atom is -0.374 e. The molecule has 0 aromatic carbocycles. The molecule has 0 saturated carbocycles. The van der Waals surface area contributed by atoms with Crippen molar-refractivity contribution in [3.05, 3.63) is 17.0 Å². The molecule has 1 aliphatic rings. The highest BCUT2D eigenvalue weighted by atomic mass is 35.5. The second kappa shape index (κ2) is 5.65. The fraction of sp³-hybridized carbons (Fsp3) is 0.667. The van der Waals surface area contributed by atoms with Gasteiger partial charge in [-0.1, -0.05) is 18.5 Å². The number of hydrogen-bond acceptors (Lipinski definition) is 4. The van der Waals surface area contributed by atoms with Crippen molar-refractivity contribution in [2.24, 2.45) is 5.92 Å². The van der Waals surface area contributed by atoms with Crippen LogP contribution in [-0.2, 0) is 11.3 Å². The van der Waals surface area contributed by atoms with E-state index in [0.29, 0.717) is 24.2 Å². The summed E-state index contributed by atoms with van der Waals surface area (Å²) in [6.45, 7) is 7.38. The summed E-state index contributed by atoms with van der Waals surface area (Å²) < 4.78 is 5.31. The van der Waals surface area contributed by atoms with E-state index in [4.69, 9.17) is 16.3 Å². The van der Waals surface area contributed by atoms with Gasteiger partial charge in [0.1, 0.15) is 17.6 Å². The maximum absolute atomic E-state index is 6.01. The lowest BCUT2D eigenvalue weighted by Gasteiger charge is -2.17. The number of anilines is 1. The topological polar surface area (TPSA) is 38.2 Å². The molecular weight excluding hydrogens is 238 g/mol. The molecule has 94 valence electrons. The van der Waals surface area contributed by atoms with Crippen LogP contribution in [0, 0.1) is 5.92 Å². The lowest BCUT2D eigenvalue weighted by molar-refractivity contribution is 0.128. The van der Waals surface area contributed by atoms with E-state index in [2.05, 4.69) is 21.8 Å². The molecule has 4 nitrogen and oxygen atoms in total. The Kier molecular flexibility index (Phi) is 4.18. The van der Waals surface area contributed by atoms with Gasteiger partial charge in [-0.05, 0) is 19.3 Å². The monoisotopic (exact) mass is 255 g/mol. The molecule has 17 heavy (non-hydrogen) atoms. The molecule has 0 spiro atoms. The molecule has 1 unspecified atom stereocenters. The fourth-order valence-corrected chi connectivity index (χ4v) is 2.21. The van der Waals surface area contributed by atoms with Crippen LogP contribution in [0.15, 0.2) is 6.07 Å². The fourth-order valence-electron chi connectivity index (χ4n) is 2.01. The Morgan fingerprint density at radius 3 is 3.00 bits per heavy atom. The number of nitrogens with zero attached hydrogens (tertiary/aromatic N) is 3. The Balaban J connectivity index is 2.13.